The van der Waals surface area contributed by atoms with Crippen LogP contribution in [0.1, 0.15) is 5.01 Å². The molecular weight excluding hydrogens is 194 g/mol. The number of hydrogen-bond acceptors (Lipinski definition) is 2. The number of aromatic nitrogens is 2. The lowest BCUT2D eigenvalue weighted by molar-refractivity contribution is -0.615. The van der Waals surface area contributed by atoms with Crippen molar-refractivity contribution in [2.24, 2.45) is 0 Å². The van der Waals surface area contributed by atoms with E-state index in [1.165, 1.54) is 10.2 Å². The van der Waals surface area contributed by atoms with Crippen molar-refractivity contribution in [3.63, 3.8) is 0 Å². The molecule has 2 N–H and O–H groups in total. The third-order valence-electron chi connectivity index (χ3n) is 2.44. The first-order valence-electron chi connectivity index (χ1n) is 4.44. The van der Waals surface area contributed by atoms with Gasteiger partial charge in [0.25, 0.3) is 0 Å². The van der Waals surface area contributed by atoms with Gasteiger partial charge in [0, 0.05) is 13.0 Å². The quantitative estimate of drug-likeness (QED) is 0.436. The van der Waals surface area contributed by atoms with Gasteiger partial charge in [-0.05, 0) is 12.1 Å². The van der Waals surface area contributed by atoms with Crippen molar-refractivity contribution in [2.45, 2.75) is 6.92 Å². The lowest BCUT2D eigenvalue weighted by atomic mass is 10.4. The fourth-order valence-electron chi connectivity index (χ4n) is 1.75. The average Bonchev–Trinajstić information content (AvgIpc) is 2.65. The summed E-state index contributed by atoms with van der Waals surface area (Å²) in [7, 11) is 0. The highest BCUT2D eigenvalue weighted by Gasteiger charge is 2.18. The van der Waals surface area contributed by atoms with E-state index < -0.39 is 0 Å². The molecule has 14 heavy (non-hydrogen) atoms. The summed E-state index contributed by atoms with van der Waals surface area (Å²) < 4.78 is 5.09. The van der Waals surface area contributed by atoms with Crippen LogP contribution in [0.4, 0.5) is 0 Å². The molecule has 0 amide bonds. The lowest BCUT2D eigenvalue weighted by Gasteiger charge is -1.89. The molecule has 3 heterocycles. The van der Waals surface area contributed by atoms with Crippen LogP contribution >= 0.6 is 11.3 Å². The number of rotatable bonds is 0. The molecule has 0 saturated carbocycles. The molecule has 0 unspecified atom stereocenters. The Morgan fingerprint density at radius 1 is 1.43 bits per heavy atom. The predicted octanol–water partition coefficient (Wildman–Crippen LogP) is 1.46. The molecule has 0 aliphatic rings. The second kappa shape index (κ2) is 2.48. The fourth-order valence-corrected chi connectivity index (χ4v) is 2.72. The Kier molecular flexibility index (Phi) is 1.39. The number of hydrogen-bond donors (Lipinski definition) is 1. The van der Waals surface area contributed by atoms with Crippen LogP contribution < -0.4 is 10.5 Å². The summed E-state index contributed by atoms with van der Waals surface area (Å²) in [6.07, 6.45) is 2.03. The zero-order valence-corrected chi connectivity index (χ0v) is 8.58. The Balaban J connectivity index is 2.62. The van der Waals surface area contributed by atoms with Crippen LogP contribution in [-0.4, -0.2) is 4.40 Å². The lowest BCUT2D eigenvalue weighted by Crippen LogP contribution is -2.46. The maximum absolute atomic E-state index is 5.96. The van der Waals surface area contributed by atoms with Gasteiger partial charge >= 0.3 is 5.65 Å². The number of thiazole rings is 1. The summed E-state index contributed by atoms with van der Waals surface area (Å²) in [4.78, 5) is 0. The molecule has 3 nitrogen and oxygen atoms in total. The topological polar surface area (TPSA) is 34.3 Å². The van der Waals surface area contributed by atoms with Crippen LogP contribution in [0.3, 0.4) is 0 Å². The molecule has 0 radical (unpaired) electrons. The standard InChI is InChI=1S/C10H10N3S/c1-7-13(11)10-9(14-7)6-8-4-2-3-5-12(8)10/h2-6H,11H2,1H3/q+1. The van der Waals surface area contributed by atoms with Gasteiger partial charge < -0.3 is 0 Å². The summed E-state index contributed by atoms with van der Waals surface area (Å²) in [6.45, 7) is 2.03. The van der Waals surface area contributed by atoms with Crippen molar-refractivity contribution in [1.29, 1.82) is 0 Å². The highest BCUT2D eigenvalue weighted by atomic mass is 32.1. The van der Waals surface area contributed by atoms with Gasteiger partial charge in [-0.2, -0.15) is 4.40 Å². The van der Waals surface area contributed by atoms with Gasteiger partial charge in [0.1, 0.15) is 10.2 Å². The van der Waals surface area contributed by atoms with Crippen LogP contribution in [0, 0.1) is 6.92 Å². The molecule has 3 aromatic rings. The first kappa shape index (κ1) is 7.82. The molecule has 4 heteroatoms. The molecule has 0 atom stereocenters. The first-order valence-corrected chi connectivity index (χ1v) is 5.25. The maximum Gasteiger partial charge on any atom is 0.328 e. The highest BCUT2D eigenvalue weighted by Crippen LogP contribution is 2.23. The molecule has 3 aromatic heterocycles. The van der Waals surface area contributed by atoms with Gasteiger partial charge in [0.2, 0.25) is 0 Å². The van der Waals surface area contributed by atoms with Gasteiger partial charge in [-0.15, -0.1) is 4.68 Å². The third kappa shape index (κ3) is 0.834. The molecule has 0 spiro atoms. The zero-order chi connectivity index (χ0) is 9.71. The Hall–Kier alpha value is -1.55. The van der Waals surface area contributed by atoms with Crippen LogP contribution in [-0.2, 0) is 0 Å². The van der Waals surface area contributed by atoms with Crippen molar-refractivity contribution in [1.82, 2.24) is 4.40 Å². The molecule has 0 saturated heterocycles. The average molecular weight is 204 g/mol. The Bertz CT molecular complexity index is 621. The van der Waals surface area contributed by atoms with Crippen LogP contribution in [0.5, 0.6) is 0 Å². The number of nitrogens with zero attached hydrogens (tertiary/aromatic N) is 2. The molecule has 0 aliphatic heterocycles. The van der Waals surface area contributed by atoms with E-state index in [1.807, 2.05) is 25.3 Å². The van der Waals surface area contributed by atoms with E-state index >= 15 is 0 Å². The largest absolute Gasteiger partial charge is 0.328 e. The Labute approximate surface area is 85.0 Å². The van der Waals surface area contributed by atoms with Crippen LogP contribution in [0.25, 0.3) is 15.9 Å². The summed E-state index contributed by atoms with van der Waals surface area (Å²) in [6, 6.07) is 8.30. The van der Waals surface area contributed by atoms with E-state index in [0.717, 1.165) is 10.7 Å². The normalized spacial score (nSPS) is 11.5. The zero-order valence-electron chi connectivity index (χ0n) is 7.77. The van der Waals surface area contributed by atoms with Gasteiger partial charge in [-0.25, -0.2) is 0 Å². The summed E-state index contributed by atoms with van der Waals surface area (Å²) in [5.41, 5.74) is 2.26. The second-order valence-corrected chi connectivity index (χ2v) is 4.55. The molecule has 0 bridgehead atoms. The van der Waals surface area contributed by atoms with Crippen LogP contribution in [0.15, 0.2) is 30.5 Å². The summed E-state index contributed by atoms with van der Waals surface area (Å²) >= 11 is 1.72. The van der Waals surface area contributed by atoms with E-state index in [2.05, 4.69) is 16.5 Å². The summed E-state index contributed by atoms with van der Waals surface area (Å²) in [5.74, 6) is 5.96. The number of aryl methyl sites for hydroxylation is 1. The number of nitrogen functional groups attached to an aromatic ring is 1. The van der Waals surface area contributed by atoms with E-state index in [-0.39, 0.29) is 0 Å². The monoisotopic (exact) mass is 204 g/mol. The Morgan fingerprint density at radius 2 is 2.29 bits per heavy atom. The second-order valence-electron chi connectivity index (χ2n) is 3.32. The van der Waals surface area contributed by atoms with Crippen LogP contribution in [0.2, 0.25) is 0 Å². The molecule has 0 fully saturated rings. The fraction of sp³-hybridized carbons (Fsp3) is 0.100. The minimum atomic E-state index is 1.07. The number of nitrogens with two attached hydrogens (primary N) is 1. The van der Waals surface area contributed by atoms with Gasteiger partial charge in [-0.3, -0.25) is 5.84 Å². The number of fused-ring (bicyclic) bond motifs is 3. The van der Waals surface area contributed by atoms with E-state index in [0.29, 0.717) is 0 Å². The predicted molar refractivity (Wildman–Crippen MR) is 57.9 cm³/mol. The van der Waals surface area contributed by atoms with Gasteiger partial charge in [0.15, 0.2) is 5.01 Å². The molecule has 0 aliphatic carbocycles. The Morgan fingerprint density at radius 3 is 3.14 bits per heavy atom. The third-order valence-corrected chi connectivity index (χ3v) is 3.46. The van der Waals surface area contributed by atoms with Crippen molar-refractivity contribution < 1.29 is 4.68 Å². The van der Waals surface area contributed by atoms with Gasteiger partial charge in [-0.1, -0.05) is 17.4 Å². The maximum atomic E-state index is 5.96. The van der Waals surface area contributed by atoms with Crippen molar-refractivity contribution in [3.8, 4) is 0 Å². The van der Waals surface area contributed by atoms with E-state index in [1.54, 1.807) is 16.0 Å². The SMILES string of the molecule is Cc1sc2cc3ccccn3c2[n+]1N. The molecule has 0 aromatic carbocycles. The number of pyridine rings is 1. The molecule has 3 rings (SSSR count). The van der Waals surface area contributed by atoms with Crippen molar-refractivity contribution >= 4 is 27.2 Å². The molecule has 70 valence electrons. The molecular formula is C10H10N3S+. The summed E-state index contributed by atoms with van der Waals surface area (Å²) in [5, 5.41) is 1.12. The van der Waals surface area contributed by atoms with Crippen molar-refractivity contribution in [2.75, 3.05) is 5.84 Å². The van der Waals surface area contributed by atoms with Crippen molar-refractivity contribution in [3.05, 3.63) is 35.5 Å². The highest BCUT2D eigenvalue weighted by molar-refractivity contribution is 7.18. The smallest absolute Gasteiger partial charge is 0.268 e. The van der Waals surface area contributed by atoms with E-state index in [9.17, 15) is 0 Å². The first-order chi connectivity index (χ1) is 6.77. The minimum absolute atomic E-state index is 1.07. The van der Waals surface area contributed by atoms with Gasteiger partial charge in [0.05, 0.1) is 6.20 Å². The van der Waals surface area contributed by atoms with E-state index in [4.69, 9.17) is 5.84 Å². The minimum Gasteiger partial charge on any atom is -0.268 e.